The van der Waals surface area contributed by atoms with Gasteiger partial charge in [-0.3, -0.25) is 0 Å². The highest BCUT2D eigenvalue weighted by Crippen LogP contribution is 2.24. The summed E-state index contributed by atoms with van der Waals surface area (Å²) in [6.07, 6.45) is 8.60. The van der Waals surface area contributed by atoms with Crippen molar-refractivity contribution in [1.82, 2.24) is 10.3 Å². The van der Waals surface area contributed by atoms with Crippen LogP contribution in [0.3, 0.4) is 0 Å². The lowest BCUT2D eigenvalue weighted by molar-refractivity contribution is 0.548. The topological polar surface area (TPSA) is 28.2 Å². The van der Waals surface area contributed by atoms with E-state index in [1.807, 2.05) is 6.20 Å². The molecule has 1 aliphatic rings. The molecule has 0 unspecified atom stereocenters. The first-order valence-electron chi connectivity index (χ1n) is 7.79. The van der Waals surface area contributed by atoms with Crippen LogP contribution in [0.25, 0.3) is 0 Å². The number of hydrogen-bond donors (Lipinski definition) is 1. The molecule has 2 heterocycles. The van der Waals surface area contributed by atoms with Crippen molar-refractivity contribution in [3.63, 3.8) is 0 Å². The molecule has 1 aromatic heterocycles. The standard InChI is InChI=1S/C16H26BrN3/c1-13(2)18-11-14-10-15(17)12-19-16(14)20-8-6-4-3-5-7-9-20/h10,12-13,18H,3-9,11H2,1-2H3. The first kappa shape index (κ1) is 15.8. The molecule has 20 heavy (non-hydrogen) atoms. The zero-order valence-electron chi connectivity index (χ0n) is 12.7. The van der Waals surface area contributed by atoms with Crippen molar-refractivity contribution in [2.24, 2.45) is 0 Å². The van der Waals surface area contributed by atoms with Crippen molar-refractivity contribution >= 4 is 21.7 Å². The molecule has 0 radical (unpaired) electrons. The predicted molar refractivity (Wildman–Crippen MR) is 89.2 cm³/mol. The lowest BCUT2D eigenvalue weighted by Gasteiger charge is -2.28. The van der Waals surface area contributed by atoms with Crippen LogP contribution in [0.4, 0.5) is 5.82 Å². The largest absolute Gasteiger partial charge is 0.356 e. The van der Waals surface area contributed by atoms with E-state index < -0.39 is 0 Å². The summed E-state index contributed by atoms with van der Waals surface area (Å²) in [5.74, 6) is 1.17. The highest BCUT2D eigenvalue weighted by molar-refractivity contribution is 9.10. The molecule has 0 aromatic carbocycles. The van der Waals surface area contributed by atoms with Gasteiger partial charge in [-0.25, -0.2) is 4.98 Å². The van der Waals surface area contributed by atoms with Crippen molar-refractivity contribution in [3.05, 3.63) is 22.3 Å². The van der Waals surface area contributed by atoms with E-state index in [9.17, 15) is 0 Å². The quantitative estimate of drug-likeness (QED) is 0.894. The molecule has 4 heteroatoms. The Morgan fingerprint density at radius 1 is 1.20 bits per heavy atom. The number of pyridine rings is 1. The molecular formula is C16H26BrN3. The van der Waals surface area contributed by atoms with Gasteiger partial charge >= 0.3 is 0 Å². The third kappa shape index (κ3) is 4.74. The molecule has 1 fully saturated rings. The lowest BCUT2D eigenvalue weighted by Crippen LogP contribution is -2.30. The van der Waals surface area contributed by atoms with Crippen LogP contribution in [0, 0.1) is 0 Å². The van der Waals surface area contributed by atoms with Crippen molar-refractivity contribution in [3.8, 4) is 0 Å². The molecular weight excluding hydrogens is 314 g/mol. The predicted octanol–water partition coefficient (Wildman–Crippen LogP) is 4.11. The smallest absolute Gasteiger partial charge is 0.133 e. The lowest BCUT2D eigenvalue weighted by atomic mass is 10.1. The summed E-state index contributed by atoms with van der Waals surface area (Å²) < 4.78 is 1.06. The van der Waals surface area contributed by atoms with Gasteiger partial charge in [0.25, 0.3) is 0 Å². The Balaban J connectivity index is 2.15. The van der Waals surface area contributed by atoms with Gasteiger partial charge < -0.3 is 10.2 Å². The van der Waals surface area contributed by atoms with Gasteiger partial charge in [0.2, 0.25) is 0 Å². The van der Waals surface area contributed by atoms with Crippen LogP contribution in [-0.2, 0) is 6.54 Å². The van der Waals surface area contributed by atoms with Gasteiger partial charge in [-0.1, -0.05) is 33.1 Å². The van der Waals surface area contributed by atoms with Gasteiger partial charge in [0.15, 0.2) is 0 Å². The van der Waals surface area contributed by atoms with E-state index >= 15 is 0 Å². The fourth-order valence-electron chi connectivity index (χ4n) is 2.66. The zero-order valence-corrected chi connectivity index (χ0v) is 14.2. The minimum Gasteiger partial charge on any atom is -0.356 e. The van der Waals surface area contributed by atoms with Gasteiger partial charge in [0, 0.05) is 41.9 Å². The molecule has 112 valence electrons. The fraction of sp³-hybridized carbons (Fsp3) is 0.688. The van der Waals surface area contributed by atoms with Crippen molar-refractivity contribution < 1.29 is 0 Å². The molecule has 0 atom stereocenters. The Morgan fingerprint density at radius 3 is 2.50 bits per heavy atom. The van der Waals surface area contributed by atoms with E-state index in [2.05, 4.69) is 46.1 Å². The summed E-state index contributed by atoms with van der Waals surface area (Å²) in [5.41, 5.74) is 1.30. The Kier molecular flexibility index (Phi) is 6.30. The summed E-state index contributed by atoms with van der Waals surface area (Å²) >= 11 is 3.55. The normalized spacial score (nSPS) is 17.1. The summed E-state index contributed by atoms with van der Waals surface area (Å²) in [6.45, 7) is 7.53. The molecule has 1 saturated heterocycles. The van der Waals surface area contributed by atoms with Crippen LogP contribution in [0.1, 0.15) is 51.5 Å². The summed E-state index contributed by atoms with van der Waals surface area (Å²) in [6, 6.07) is 2.70. The molecule has 3 nitrogen and oxygen atoms in total. The summed E-state index contributed by atoms with van der Waals surface area (Å²) in [7, 11) is 0. The van der Waals surface area contributed by atoms with Gasteiger partial charge in [-0.2, -0.15) is 0 Å². The van der Waals surface area contributed by atoms with Crippen LogP contribution in [-0.4, -0.2) is 24.1 Å². The van der Waals surface area contributed by atoms with Crippen molar-refractivity contribution in [2.75, 3.05) is 18.0 Å². The van der Waals surface area contributed by atoms with Crippen LogP contribution in [0.5, 0.6) is 0 Å². The Hall–Kier alpha value is -0.610. The van der Waals surface area contributed by atoms with Crippen LogP contribution < -0.4 is 10.2 Å². The number of hydrogen-bond acceptors (Lipinski definition) is 3. The minimum absolute atomic E-state index is 0.495. The van der Waals surface area contributed by atoms with E-state index in [-0.39, 0.29) is 0 Å². The second-order valence-corrected chi connectivity index (χ2v) is 6.84. The fourth-order valence-corrected chi connectivity index (χ4v) is 3.04. The maximum atomic E-state index is 4.69. The Morgan fingerprint density at radius 2 is 1.85 bits per heavy atom. The van der Waals surface area contributed by atoms with E-state index in [1.165, 1.54) is 43.5 Å². The SMILES string of the molecule is CC(C)NCc1cc(Br)cnc1N1CCCCCCC1. The maximum absolute atomic E-state index is 4.69. The van der Waals surface area contributed by atoms with E-state index in [0.717, 1.165) is 24.1 Å². The highest BCUT2D eigenvalue weighted by Gasteiger charge is 2.14. The van der Waals surface area contributed by atoms with Crippen molar-refractivity contribution in [2.45, 2.75) is 58.5 Å². The number of nitrogens with zero attached hydrogens (tertiary/aromatic N) is 2. The molecule has 0 saturated carbocycles. The summed E-state index contributed by atoms with van der Waals surface area (Å²) in [5, 5.41) is 3.51. The third-order valence-corrected chi connectivity index (χ3v) is 4.20. The molecule has 1 N–H and O–H groups in total. The number of aromatic nitrogens is 1. The maximum Gasteiger partial charge on any atom is 0.133 e. The van der Waals surface area contributed by atoms with Gasteiger partial charge in [0.1, 0.15) is 5.82 Å². The molecule has 1 aromatic rings. The average Bonchev–Trinajstić information content (AvgIpc) is 2.37. The second kappa shape index (κ2) is 7.99. The Bertz CT molecular complexity index is 412. The van der Waals surface area contributed by atoms with Crippen LogP contribution in [0.15, 0.2) is 16.7 Å². The van der Waals surface area contributed by atoms with Gasteiger partial charge in [-0.05, 0) is 34.8 Å². The second-order valence-electron chi connectivity index (χ2n) is 5.93. The molecule has 0 aliphatic carbocycles. The van der Waals surface area contributed by atoms with Crippen LogP contribution in [0.2, 0.25) is 0 Å². The first-order chi connectivity index (χ1) is 9.66. The van der Waals surface area contributed by atoms with E-state index in [4.69, 9.17) is 4.98 Å². The number of nitrogens with one attached hydrogen (secondary N) is 1. The zero-order chi connectivity index (χ0) is 14.4. The Labute approximate surface area is 131 Å². The van der Waals surface area contributed by atoms with Gasteiger partial charge in [-0.15, -0.1) is 0 Å². The molecule has 0 spiro atoms. The summed E-state index contributed by atoms with van der Waals surface area (Å²) in [4.78, 5) is 7.17. The third-order valence-electron chi connectivity index (χ3n) is 3.77. The highest BCUT2D eigenvalue weighted by atomic mass is 79.9. The molecule has 0 amide bonds. The number of anilines is 1. The number of halogens is 1. The average molecular weight is 340 g/mol. The molecule has 2 rings (SSSR count). The first-order valence-corrected chi connectivity index (χ1v) is 8.59. The van der Waals surface area contributed by atoms with E-state index in [1.54, 1.807) is 0 Å². The molecule has 0 bridgehead atoms. The minimum atomic E-state index is 0.495. The number of rotatable bonds is 4. The monoisotopic (exact) mass is 339 g/mol. The van der Waals surface area contributed by atoms with E-state index in [0.29, 0.717) is 6.04 Å². The van der Waals surface area contributed by atoms with Crippen LogP contribution >= 0.6 is 15.9 Å². The molecule has 1 aliphatic heterocycles. The van der Waals surface area contributed by atoms with Crippen molar-refractivity contribution in [1.29, 1.82) is 0 Å². The van der Waals surface area contributed by atoms with Gasteiger partial charge in [0.05, 0.1) is 0 Å².